The van der Waals surface area contributed by atoms with Crippen LogP contribution in [0, 0.1) is 11.8 Å². The number of hydrogen-bond donors (Lipinski definition) is 1. The van der Waals surface area contributed by atoms with Crippen LogP contribution in [-0.2, 0) is 4.79 Å². The Morgan fingerprint density at radius 2 is 1.93 bits per heavy atom. The average Bonchev–Trinajstić information content (AvgIpc) is 2.15. The predicted molar refractivity (Wildman–Crippen MR) is 62.7 cm³/mol. The summed E-state index contributed by atoms with van der Waals surface area (Å²) in [5, 5.41) is 3.33. The minimum atomic E-state index is -0.0432. The van der Waals surface area contributed by atoms with Crippen molar-refractivity contribution in [1.82, 2.24) is 10.2 Å². The molecule has 0 spiro atoms. The van der Waals surface area contributed by atoms with Crippen molar-refractivity contribution in [1.29, 1.82) is 0 Å². The molecule has 1 atom stereocenters. The quantitative estimate of drug-likeness (QED) is 0.752. The van der Waals surface area contributed by atoms with E-state index in [4.69, 9.17) is 0 Å². The van der Waals surface area contributed by atoms with Crippen LogP contribution in [0.25, 0.3) is 0 Å². The van der Waals surface area contributed by atoms with Gasteiger partial charge in [0.1, 0.15) is 0 Å². The third-order valence-corrected chi connectivity index (χ3v) is 3.46. The molecule has 0 aromatic carbocycles. The normalized spacial score (nSPS) is 22.9. The molecule has 0 aromatic rings. The van der Waals surface area contributed by atoms with Gasteiger partial charge in [0.15, 0.2) is 0 Å². The van der Waals surface area contributed by atoms with E-state index in [1.165, 1.54) is 0 Å². The van der Waals surface area contributed by atoms with Crippen LogP contribution in [0.15, 0.2) is 0 Å². The van der Waals surface area contributed by atoms with Gasteiger partial charge >= 0.3 is 0 Å². The third kappa shape index (κ3) is 2.71. The Kier molecular flexibility index (Phi) is 3.77. The van der Waals surface area contributed by atoms with Gasteiger partial charge in [0.05, 0.1) is 0 Å². The monoisotopic (exact) mass is 212 g/mol. The van der Waals surface area contributed by atoms with Crippen LogP contribution >= 0.6 is 0 Å². The Morgan fingerprint density at radius 3 is 2.40 bits per heavy atom. The Morgan fingerprint density at radius 1 is 1.33 bits per heavy atom. The van der Waals surface area contributed by atoms with Gasteiger partial charge in [-0.15, -0.1) is 0 Å². The first-order chi connectivity index (χ1) is 6.86. The minimum Gasteiger partial charge on any atom is -0.335 e. The molecule has 1 aliphatic heterocycles. The van der Waals surface area contributed by atoms with Gasteiger partial charge < -0.3 is 10.2 Å². The topological polar surface area (TPSA) is 32.3 Å². The number of nitrogens with one attached hydrogen (secondary N) is 1. The zero-order valence-corrected chi connectivity index (χ0v) is 10.6. The molecular formula is C12H24N2O. The lowest BCUT2D eigenvalue weighted by Crippen LogP contribution is -2.61. The lowest BCUT2D eigenvalue weighted by molar-refractivity contribution is -0.143. The standard InChI is InChI=1S/C12H24N2O/c1-9(2)10(3)11(15)14-7-6-13-8-12(14,4)5/h9-10,13H,6-8H2,1-5H3. The first kappa shape index (κ1) is 12.5. The van der Waals surface area contributed by atoms with Crippen LogP contribution in [0.4, 0.5) is 0 Å². The number of piperazine rings is 1. The Balaban J connectivity index is 2.73. The van der Waals surface area contributed by atoms with E-state index in [1.54, 1.807) is 0 Å². The van der Waals surface area contributed by atoms with Crippen molar-refractivity contribution in [2.45, 2.75) is 40.2 Å². The first-order valence-corrected chi connectivity index (χ1v) is 5.88. The smallest absolute Gasteiger partial charge is 0.226 e. The van der Waals surface area contributed by atoms with E-state index < -0.39 is 0 Å². The van der Waals surface area contributed by atoms with Crippen molar-refractivity contribution in [2.75, 3.05) is 19.6 Å². The molecule has 0 aliphatic carbocycles. The number of carbonyl (C=O) groups excluding carboxylic acids is 1. The number of amides is 1. The molecule has 1 heterocycles. The molecule has 1 aliphatic rings. The van der Waals surface area contributed by atoms with Crippen molar-refractivity contribution < 1.29 is 4.79 Å². The molecular weight excluding hydrogens is 188 g/mol. The second kappa shape index (κ2) is 4.52. The van der Waals surface area contributed by atoms with Crippen LogP contribution in [0.5, 0.6) is 0 Å². The maximum absolute atomic E-state index is 12.3. The van der Waals surface area contributed by atoms with E-state index in [0.29, 0.717) is 11.8 Å². The molecule has 0 saturated carbocycles. The van der Waals surface area contributed by atoms with E-state index in [9.17, 15) is 4.79 Å². The molecule has 1 amide bonds. The molecule has 1 N–H and O–H groups in total. The van der Waals surface area contributed by atoms with Crippen LogP contribution in [-0.4, -0.2) is 36.0 Å². The predicted octanol–water partition coefficient (Wildman–Crippen LogP) is 1.49. The second-order valence-corrected chi connectivity index (χ2v) is 5.51. The number of nitrogens with zero attached hydrogens (tertiary/aromatic N) is 1. The van der Waals surface area contributed by atoms with E-state index in [1.807, 2.05) is 11.8 Å². The summed E-state index contributed by atoms with van der Waals surface area (Å²) in [5.41, 5.74) is -0.0432. The van der Waals surface area contributed by atoms with Gasteiger partial charge in [-0.3, -0.25) is 4.79 Å². The highest BCUT2D eigenvalue weighted by Crippen LogP contribution is 2.22. The molecule has 0 radical (unpaired) electrons. The van der Waals surface area contributed by atoms with Gasteiger partial charge in [0.2, 0.25) is 5.91 Å². The summed E-state index contributed by atoms with van der Waals surface area (Å²) in [4.78, 5) is 14.3. The zero-order chi connectivity index (χ0) is 11.6. The van der Waals surface area contributed by atoms with Crippen LogP contribution < -0.4 is 5.32 Å². The van der Waals surface area contributed by atoms with Gasteiger partial charge in [-0.1, -0.05) is 20.8 Å². The summed E-state index contributed by atoms with van der Waals surface area (Å²) in [6.07, 6.45) is 0. The summed E-state index contributed by atoms with van der Waals surface area (Å²) in [6.45, 7) is 13.2. The highest BCUT2D eigenvalue weighted by molar-refractivity contribution is 5.79. The van der Waals surface area contributed by atoms with Crippen molar-refractivity contribution in [3.8, 4) is 0 Å². The van der Waals surface area contributed by atoms with E-state index >= 15 is 0 Å². The Bertz CT molecular complexity index is 236. The SMILES string of the molecule is CC(C)C(C)C(=O)N1CCNCC1(C)C. The minimum absolute atomic E-state index is 0.0432. The maximum atomic E-state index is 12.3. The van der Waals surface area contributed by atoms with E-state index in [-0.39, 0.29) is 11.5 Å². The van der Waals surface area contributed by atoms with E-state index in [2.05, 4.69) is 33.0 Å². The van der Waals surface area contributed by atoms with Crippen molar-refractivity contribution >= 4 is 5.91 Å². The van der Waals surface area contributed by atoms with Crippen LogP contribution in [0.2, 0.25) is 0 Å². The van der Waals surface area contributed by atoms with Crippen LogP contribution in [0.3, 0.4) is 0 Å². The number of carbonyl (C=O) groups is 1. The van der Waals surface area contributed by atoms with Crippen molar-refractivity contribution in [3.05, 3.63) is 0 Å². The maximum Gasteiger partial charge on any atom is 0.226 e. The van der Waals surface area contributed by atoms with Crippen molar-refractivity contribution in [3.63, 3.8) is 0 Å². The second-order valence-electron chi connectivity index (χ2n) is 5.51. The molecule has 1 rings (SSSR count). The van der Waals surface area contributed by atoms with E-state index in [0.717, 1.165) is 19.6 Å². The summed E-state index contributed by atoms with van der Waals surface area (Å²) in [7, 11) is 0. The summed E-state index contributed by atoms with van der Waals surface area (Å²) >= 11 is 0. The van der Waals surface area contributed by atoms with Crippen LogP contribution in [0.1, 0.15) is 34.6 Å². The summed E-state index contributed by atoms with van der Waals surface area (Å²) in [5.74, 6) is 0.849. The molecule has 1 fully saturated rings. The molecule has 88 valence electrons. The van der Waals surface area contributed by atoms with Gasteiger partial charge in [0, 0.05) is 31.1 Å². The summed E-state index contributed by atoms with van der Waals surface area (Å²) in [6, 6.07) is 0. The zero-order valence-electron chi connectivity index (χ0n) is 10.6. The fourth-order valence-electron chi connectivity index (χ4n) is 1.92. The molecule has 1 unspecified atom stereocenters. The third-order valence-electron chi connectivity index (χ3n) is 3.46. The van der Waals surface area contributed by atoms with Gasteiger partial charge in [-0.2, -0.15) is 0 Å². The molecule has 0 aromatic heterocycles. The number of rotatable bonds is 2. The summed E-state index contributed by atoms with van der Waals surface area (Å²) < 4.78 is 0. The Labute approximate surface area is 93.2 Å². The largest absolute Gasteiger partial charge is 0.335 e. The lowest BCUT2D eigenvalue weighted by Gasteiger charge is -2.44. The highest BCUT2D eigenvalue weighted by Gasteiger charge is 2.35. The molecule has 1 saturated heterocycles. The Hall–Kier alpha value is -0.570. The number of hydrogen-bond acceptors (Lipinski definition) is 2. The van der Waals surface area contributed by atoms with Gasteiger partial charge in [-0.25, -0.2) is 0 Å². The highest BCUT2D eigenvalue weighted by atomic mass is 16.2. The first-order valence-electron chi connectivity index (χ1n) is 5.88. The molecule has 3 heteroatoms. The van der Waals surface area contributed by atoms with Gasteiger partial charge in [0.25, 0.3) is 0 Å². The fourth-order valence-corrected chi connectivity index (χ4v) is 1.92. The molecule has 0 bridgehead atoms. The fraction of sp³-hybridized carbons (Fsp3) is 0.917. The lowest BCUT2D eigenvalue weighted by atomic mass is 9.92. The van der Waals surface area contributed by atoms with Gasteiger partial charge in [-0.05, 0) is 19.8 Å². The average molecular weight is 212 g/mol. The molecule has 3 nitrogen and oxygen atoms in total. The molecule has 15 heavy (non-hydrogen) atoms. The van der Waals surface area contributed by atoms with Crippen molar-refractivity contribution in [2.24, 2.45) is 11.8 Å².